The number of hydrogen-bond donors (Lipinski definition) is 1. The molecule has 4 rings (SSSR count). The van der Waals surface area contributed by atoms with Gasteiger partial charge in [0.05, 0.1) is 12.1 Å². The summed E-state index contributed by atoms with van der Waals surface area (Å²) in [6.07, 6.45) is -1.18. The number of halogens is 4. The second kappa shape index (κ2) is 8.11. The monoisotopic (exact) mass is 476 g/mol. The number of alkyl halides is 3. The molecule has 1 spiro atoms. The molecular formula is C21H24F4N2O4S. The molecule has 1 aliphatic heterocycles. The molecular weight excluding hydrogens is 452 g/mol. The van der Waals surface area contributed by atoms with Crippen molar-refractivity contribution in [1.82, 2.24) is 9.03 Å². The van der Waals surface area contributed by atoms with Crippen molar-refractivity contribution in [2.45, 2.75) is 44.3 Å². The first kappa shape index (κ1) is 23.2. The topological polar surface area (TPSA) is 75.7 Å². The van der Waals surface area contributed by atoms with Crippen molar-refractivity contribution in [3.8, 4) is 0 Å². The van der Waals surface area contributed by atoms with E-state index in [1.165, 1.54) is 0 Å². The smallest absolute Gasteiger partial charge is 0.402 e. The van der Waals surface area contributed by atoms with Gasteiger partial charge in [0.15, 0.2) is 0 Å². The van der Waals surface area contributed by atoms with Crippen molar-refractivity contribution in [2.75, 3.05) is 19.7 Å². The highest BCUT2D eigenvalue weighted by molar-refractivity contribution is 7.87. The third-order valence-electron chi connectivity index (χ3n) is 6.70. The number of nitrogens with zero attached hydrogens (tertiary/aromatic N) is 1. The summed E-state index contributed by atoms with van der Waals surface area (Å²) >= 11 is 0. The van der Waals surface area contributed by atoms with Gasteiger partial charge in [-0.2, -0.15) is 35.0 Å². The highest BCUT2D eigenvalue weighted by atomic mass is 32.2. The molecule has 2 fully saturated rings. The van der Waals surface area contributed by atoms with Gasteiger partial charge in [0, 0.05) is 6.54 Å². The molecule has 1 heterocycles. The van der Waals surface area contributed by atoms with Crippen LogP contribution in [0.25, 0.3) is 6.08 Å². The first-order valence-electron chi connectivity index (χ1n) is 10.5. The number of rotatable bonds is 4. The number of ether oxygens (including phenoxy) is 1. The summed E-state index contributed by atoms with van der Waals surface area (Å²) in [6.45, 7) is -0.108. The Labute approximate surface area is 183 Å². The molecule has 1 N–H and O–H groups in total. The second-order valence-electron chi connectivity index (χ2n) is 8.65. The maximum absolute atomic E-state index is 14.0. The Kier molecular flexibility index (Phi) is 5.87. The quantitative estimate of drug-likeness (QED) is 0.412. The van der Waals surface area contributed by atoms with E-state index in [1.54, 1.807) is 19.1 Å². The van der Waals surface area contributed by atoms with Gasteiger partial charge in [-0.05, 0) is 67.2 Å². The van der Waals surface area contributed by atoms with E-state index < -0.39 is 40.3 Å². The number of benzene rings is 1. The minimum absolute atomic E-state index is 0.0523. The normalized spacial score (nSPS) is 29.7. The van der Waals surface area contributed by atoms with Gasteiger partial charge in [0.2, 0.25) is 5.83 Å². The third-order valence-corrected chi connectivity index (χ3v) is 8.28. The molecule has 32 heavy (non-hydrogen) atoms. The zero-order valence-corrected chi connectivity index (χ0v) is 18.2. The molecule has 3 aliphatic rings. The van der Waals surface area contributed by atoms with Crippen molar-refractivity contribution in [3.05, 3.63) is 40.7 Å². The van der Waals surface area contributed by atoms with Gasteiger partial charge in [-0.3, -0.25) is 0 Å². The molecule has 0 amide bonds. The van der Waals surface area contributed by atoms with Crippen LogP contribution in [0, 0.1) is 11.8 Å². The van der Waals surface area contributed by atoms with Crippen LogP contribution < -0.4 is 4.72 Å². The molecule has 1 aromatic rings. The molecule has 2 aliphatic carbocycles. The average Bonchev–Trinajstić information content (AvgIpc) is 3.06. The second-order valence-corrected chi connectivity index (χ2v) is 10.3. The van der Waals surface area contributed by atoms with E-state index >= 15 is 0 Å². The van der Waals surface area contributed by atoms with E-state index in [-0.39, 0.29) is 25.0 Å². The summed E-state index contributed by atoms with van der Waals surface area (Å²) in [5.41, 5.74) is 1.34. The summed E-state index contributed by atoms with van der Waals surface area (Å²) in [5, 5.41) is 0. The van der Waals surface area contributed by atoms with Gasteiger partial charge in [0.1, 0.15) is 6.54 Å². The fourth-order valence-corrected chi connectivity index (χ4v) is 7.07. The molecule has 1 aromatic carbocycles. The van der Waals surface area contributed by atoms with Crippen molar-refractivity contribution >= 4 is 22.3 Å². The highest BCUT2D eigenvalue weighted by Gasteiger charge is 2.60. The first-order valence-corrected chi connectivity index (χ1v) is 11.9. The van der Waals surface area contributed by atoms with Crippen LogP contribution in [0.2, 0.25) is 0 Å². The Bertz CT molecular complexity index is 1060. The number of fused-ring (bicyclic) bond motifs is 1. The fourth-order valence-electron chi connectivity index (χ4n) is 5.36. The van der Waals surface area contributed by atoms with Gasteiger partial charge in [-0.15, -0.1) is 0 Å². The summed E-state index contributed by atoms with van der Waals surface area (Å²) in [4.78, 5) is 11.5. The van der Waals surface area contributed by atoms with Gasteiger partial charge in [-0.1, -0.05) is 18.2 Å². The summed E-state index contributed by atoms with van der Waals surface area (Å²) in [6, 6.07) is 5.22. The first-order chi connectivity index (χ1) is 14.9. The fraction of sp³-hybridized carbons (Fsp3) is 0.571. The molecule has 1 saturated carbocycles. The maximum Gasteiger partial charge on any atom is 0.402 e. The van der Waals surface area contributed by atoms with Crippen LogP contribution in [0.3, 0.4) is 0 Å². The van der Waals surface area contributed by atoms with Crippen molar-refractivity contribution < 1.29 is 35.5 Å². The van der Waals surface area contributed by atoms with Crippen molar-refractivity contribution in [1.29, 1.82) is 0 Å². The minimum Gasteiger partial charge on any atom is -0.461 e. The Morgan fingerprint density at radius 2 is 1.91 bits per heavy atom. The van der Waals surface area contributed by atoms with E-state index in [2.05, 4.69) is 9.46 Å². The summed E-state index contributed by atoms with van der Waals surface area (Å²) in [5.74, 6) is -2.40. The molecule has 2 bridgehead atoms. The van der Waals surface area contributed by atoms with Gasteiger partial charge < -0.3 is 4.74 Å². The summed E-state index contributed by atoms with van der Waals surface area (Å²) in [7, 11) is -4.24. The lowest BCUT2D eigenvalue weighted by Crippen LogP contribution is -2.52. The third kappa shape index (κ3) is 4.29. The van der Waals surface area contributed by atoms with Crippen LogP contribution in [-0.4, -0.2) is 50.1 Å². The maximum atomic E-state index is 14.0. The van der Waals surface area contributed by atoms with Crippen LogP contribution >= 0.6 is 0 Å². The molecule has 0 radical (unpaired) electrons. The number of hydrogen-bond acceptors (Lipinski definition) is 4. The Morgan fingerprint density at radius 1 is 1.25 bits per heavy atom. The Hall–Kier alpha value is -1.98. The Balaban J connectivity index is 1.62. The van der Waals surface area contributed by atoms with E-state index in [1.807, 2.05) is 6.07 Å². The molecule has 3 atom stereocenters. The average molecular weight is 476 g/mol. The van der Waals surface area contributed by atoms with E-state index in [4.69, 9.17) is 0 Å². The van der Waals surface area contributed by atoms with Crippen LogP contribution in [0.4, 0.5) is 17.6 Å². The molecule has 6 nitrogen and oxygen atoms in total. The minimum atomic E-state index is -4.63. The van der Waals surface area contributed by atoms with Gasteiger partial charge in [-0.25, -0.2) is 4.79 Å². The molecule has 11 heteroatoms. The zero-order chi connectivity index (χ0) is 23.3. The van der Waals surface area contributed by atoms with E-state index in [0.717, 1.165) is 17.2 Å². The lowest BCUT2D eigenvalue weighted by atomic mass is 9.79. The number of carbonyl (C=O) groups is 1. The van der Waals surface area contributed by atoms with E-state index in [9.17, 15) is 30.8 Å². The van der Waals surface area contributed by atoms with E-state index in [0.29, 0.717) is 35.6 Å². The van der Waals surface area contributed by atoms with Crippen molar-refractivity contribution in [3.63, 3.8) is 0 Å². The predicted octanol–water partition coefficient (Wildman–Crippen LogP) is 3.14. The Morgan fingerprint density at radius 3 is 2.53 bits per heavy atom. The number of nitrogens with one attached hydrogen (secondary N) is 1. The van der Waals surface area contributed by atoms with Crippen LogP contribution in [0.15, 0.2) is 24.0 Å². The largest absolute Gasteiger partial charge is 0.461 e. The number of carbonyl (C=O) groups excluding carboxylic acids is 1. The molecule has 176 valence electrons. The molecule has 0 unspecified atom stereocenters. The lowest BCUT2D eigenvalue weighted by molar-refractivity contribution is -0.140. The molecule has 1 saturated heterocycles. The predicted molar refractivity (Wildman–Crippen MR) is 108 cm³/mol. The SMILES string of the molecule is CCOC(=O)/C(F)=C/c1ccc2c(c1)C[C@H]1CC[C@@H](C2)[C@]12CN(CC(F)(F)F)S(=O)(=O)N2. The standard InChI is InChI=1S/C21H24F4N2O4S/c1-2-31-19(28)18(22)8-13-3-4-14-9-16-5-6-17(10-15(14)7-13)20(16)11-27(12-21(23,24)25)32(29,30)26-20/h3-4,7-8,16-17,26H,2,5-6,9-12H2,1H3/b18-8-/t16-,17+,20+/m0/s1. The summed E-state index contributed by atoms with van der Waals surface area (Å²) < 4.78 is 85.7. The zero-order valence-electron chi connectivity index (χ0n) is 17.4. The number of esters is 1. The van der Waals surface area contributed by atoms with Crippen LogP contribution in [0.5, 0.6) is 0 Å². The van der Waals surface area contributed by atoms with Gasteiger partial charge >= 0.3 is 12.1 Å². The van der Waals surface area contributed by atoms with Gasteiger partial charge in [0.25, 0.3) is 10.2 Å². The molecule has 0 aromatic heterocycles. The van der Waals surface area contributed by atoms with Crippen LogP contribution in [0.1, 0.15) is 36.5 Å². The lowest BCUT2D eigenvalue weighted by Gasteiger charge is -2.33. The highest BCUT2D eigenvalue weighted by Crippen LogP contribution is 2.50. The van der Waals surface area contributed by atoms with Crippen molar-refractivity contribution in [2.24, 2.45) is 11.8 Å². The van der Waals surface area contributed by atoms with Crippen LogP contribution in [-0.2, 0) is 32.6 Å².